The summed E-state index contributed by atoms with van der Waals surface area (Å²) in [5.41, 5.74) is 4.27. The molecule has 3 rings (SSSR count). The molecule has 0 aliphatic heterocycles. The second-order valence-corrected chi connectivity index (χ2v) is 5.66. The fraction of sp³-hybridized carbons (Fsp3) is 0.222. The van der Waals surface area contributed by atoms with Crippen LogP contribution in [-0.2, 0) is 9.53 Å². The van der Waals surface area contributed by atoms with Gasteiger partial charge in [0.2, 0.25) is 0 Å². The zero-order valence-corrected chi connectivity index (χ0v) is 13.0. The largest absolute Gasteiger partial charge is 0.480 e. The van der Waals surface area contributed by atoms with Crippen LogP contribution in [0.4, 0.5) is 4.79 Å². The molecule has 1 aliphatic carbocycles. The summed E-state index contributed by atoms with van der Waals surface area (Å²) in [5, 5.41) is 18.5. The van der Waals surface area contributed by atoms with E-state index in [0.717, 1.165) is 22.3 Å². The number of nitrogens with zero attached hydrogens (tertiary/aromatic N) is 1. The molecule has 1 aliphatic rings. The van der Waals surface area contributed by atoms with Crippen LogP contribution >= 0.6 is 0 Å². The van der Waals surface area contributed by atoms with E-state index in [1.165, 1.54) is 6.92 Å². The van der Waals surface area contributed by atoms with E-state index in [1.807, 2.05) is 48.5 Å². The lowest BCUT2D eigenvalue weighted by atomic mass is 9.98. The molecule has 24 heavy (non-hydrogen) atoms. The second-order valence-electron chi connectivity index (χ2n) is 5.66. The molecule has 0 aromatic heterocycles. The van der Waals surface area contributed by atoms with Crippen molar-refractivity contribution in [1.29, 1.82) is 0 Å². The highest BCUT2D eigenvalue weighted by molar-refractivity contribution is 5.80. The number of fused-ring (bicyclic) bond motifs is 3. The van der Waals surface area contributed by atoms with Crippen molar-refractivity contribution in [2.75, 3.05) is 6.61 Å². The fourth-order valence-electron chi connectivity index (χ4n) is 2.92. The normalized spacial score (nSPS) is 13.8. The number of hydrogen-bond acceptors (Lipinski definition) is 4. The number of hydroxylamine groups is 2. The highest BCUT2D eigenvalue weighted by Gasteiger charge is 2.31. The minimum absolute atomic E-state index is 0.0241. The summed E-state index contributed by atoms with van der Waals surface area (Å²) in [6.45, 7) is 1.22. The minimum atomic E-state index is -1.37. The van der Waals surface area contributed by atoms with Gasteiger partial charge < -0.3 is 9.84 Å². The highest BCUT2D eigenvalue weighted by atomic mass is 16.6. The molecule has 0 saturated carbocycles. The lowest BCUT2D eigenvalue weighted by Gasteiger charge is -2.20. The zero-order valence-electron chi connectivity index (χ0n) is 13.0. The molecule has 1 atom stereocenters. The first-order chi connectivity index (χ1) is 11.5. The number of hydrogen-bond donors (Lipinski definition) is 2. The quantitative estimate of drug-likeness (QED) is 0.665. The second kappa shape index (κ2) is 6.33. The summed E-state index contributed by atoms with van der Waals surface area (Å²) < 4.78 is 5.15. The number of carboxylic acid groups (broad SMARTS) is 1. The van der Waals surface area contributed by atoms with Crippen LogP contribution in [-0.4, -0.2) is 40.1 Å². The maximum absolute atomic E-state index is 11.9. The third-order valence-electron chi connectivity index (χ3n) is 4.25. The molecule has 124 valence electrons. The average Bonchev–Trinajstić information content (AvgIpc) is 2.92. The van der Waals surface area contributed by atoms with Gasteiger partial charge in [-0.3, -0.25) is 5.21 Å². The van der Waals surface area contributed by atoms with Gasteiger partial charge in [-0.1, -0.05) is 48.5 Å². The minimum Gasteiger partial charge on any atom is -0.480 e. The van der Waals surface area contributed by atoms with Crippen molar-refractivity contribution in [2.24, 2.45) is 0 Å². The zero-order chi connectivity index (χ0) is 17.3. The summed E-state index contributed by atoms with van der Waals surface area (Å²) in [4.78, 5) is 22.7. The molecule has 0 radical (unpaired) electrons. The highest BCUT2D eigenvalue weighted by Crippen LogP contribution is 2.44. The fourth-order valence-corrected chi connectivity index (χ4v) is 2.92. The topological polar surface area (TPSA) is 87.1 Å². The van der Waals surface area contributed by atoms with Gasteiger partial charge in [-0.15, -0.1) is 0 Å². The molecule has 0 fully saturated rings. The Morgan fingerprint density at radius 1 is 1.08 bits per heavy atom. The molecule has 0 heterocycles. The monoisotopic (exact) mass is 327 g/mol. The van der Waals surface area contributed by atoms with Gasteiger partial charge in [-0.25, -0.2) is 9.59 Å². The molecule has 6 heteroatoms. The van der Waals surface area contributed by atoms with E-state index in [9.17, 15) is 14.8 Å². The van der Waals surface area contributed by atoms with Crippen LogP contribution in [0.3, 0.4) is 0 Å². The van der Waals surface area contributed by atoms with Gasteiger partial charge in [0.15, 0.2) is 6.04 Å². The summed E-state index contributed by atoms with van der Waals surface area (Å²) >= 11 is 0. The van der Waals surface area contributed by atoms with Gasteiger partial charge in [0.05, 0.1) is 0 Å². The summed E-state index contributed by atoms with van der Waals surface area (Å²) in [6, 6.07) is 14.4. The Labute approximate surface area is 138 Å². The lowest BCUT2D eigenvalue weighted by Crippen LogP contribution is -2.41. The predicted octanol–water partition coefficient (Wildman–Crippen LogP) is 3.10. The summed E-state index contributed by atoms with van der Waals surface area (Å²) in [5.74, 6) is -1.46. The third-order valence-corrected chi connectivity index (χ3v) is 4.25. The smallest absolute Gasteiger partial charge is 0.434 e. The molecule has 1 amide bonds. The molecule has 0 saturated heterocycles. The van der Waals surface area contributed by atoms with Crippen LogP contribution in [0.1, 0.15) is 24.0 Å². The number of carbonyl (C=O) groups is 2. The first-order valence-corrected chi connectivity index (χ1v) is 7.56. The van der Waals surface area contributed by atoms with Crippen molar-refractivity contribution in [2.45, 2.75) is 18.9 Å². The van der Waals surface area contributed by atoms with E-state index in [2.05, 4.69) is 0 Å². The van der Waals surface area contributed by atoms with Crippen LogP contribution in [0.5, 0.6) is 0 Å². The van der Waals surface area contributed by atoms with Crippen molar-refractivity contribution in [3.05, 3.63) is 59.7 Å². The van der Waals surface area contributed by atoms with Crippen molar-refractivity contribution >= 4 is 12.1 Å². The maximum atomic E-state index is 11.9. The standard InChI is InChI=1S/C18H17NO5/c1-11(17(20)21)19(23)18(22)24-10-16-14-8-4-2-6-12(14)13-7-3-5-9-15(13)16/h2-9,11,16,23H,10H2,1H3,(H,20,21). The Morgan fingerprint density at radius 2 is 1.58 bits per heavy atom. The van der Waals surface area contributed by atoms with Gasteiger partial charge in [0, 0.05) is 5.92 Å². The number of amides is 1. The van der Waals surface area contributed by atoms with E-state index in [-0.39, 0.29) is 17.6 Å². The Morgan fingerprint density at radius 3 is 2.08 bits per heavy atom. The van der Waals surface area contributed by atoms with Crippen molar-refractivity contribution in [3.8, 4) is 11.1 Å². The SMILES string of the molecule is CC(C(=O)O)N(O)C(=O)OCC1c2ccccc2-c2ccccc21. The number of carboxylic acids is 1. The molecule has 2 aromatic rings. The third kappa shape index (κ3) is 2.72. The summed E-state index contributed by atoms with van der Waals surface area (Å²) in [7, 11) is 0. The van der Waals surface area contributed by atoms with Crippen molar-refractivity contribution < 1.29 is 24.6 Å². The number of ether oxygens (including phenoxy) is 1. The van der Waals surface area contributed by atoms with Crippen LogP contribution in [0.15, 0.2) is 48.5 Å². The molecule has 2 aromatic carbocycles. The van der Waals surface area contributed by atoms with E-state index in [4.69, 9.17) is 9.84 Å². The first-order valence-electron chi connectivity index (χ1n) is 7.56. The Kier molecular flexibility index (Phi) is 4.22. The van der Waals surface area contributed by atoms with Crippen LogP contribution in [0.25, 0.3) is 11.1 Å². The van der Waals surface area contributed by atoms with Gasteiger partial charge in [0.1, 0.15) is 6.61 Å². The van der Waals surface area contributed by atoms with Crippen molar-refractivity contribution in [1.82, 2.24) is 5.06 Å². The number of aliphatic carboxylic acids is 1. The van der Waals surface area contributed by atoms with Crippen LogP contribution < -0.4 is 0 Å². The molecule has 2 N–H and O–H groups in total. The van der Waals surface area contributed by atoms with Gasteiger partial charge in [0.25, 0.3) is 0 Å². The van der Waals surface area contributed by atoms with Gasteiger partial charge in [-0.2, -0.15) is 5.06 Å². The predicted molar refractivity (Wildman–Crippen MR) is 85.8 cm³/mol. The Bertz CT molecular complexity index is 743. The Hall–Kier alpha value is -2.86. The van der Waals surface area contributed by atoms with Crippen LogP contribution in [0.2, 0.25) is 0 Å². The molecule has 0 bridgehead atoms. The summed E-state index contributed by atoms with van der Waals surface area (Å²) in [6.07, 6.45) is -1.08. The molecule has 1 unspecified atom stereocenters. The van der Waals surface area contributed by atoms with E-state index in [0.29, 0.717) is 0 Å². The average molecular weight is 327 g/mol. The van der Waals surface area contributed by atoms with Crippen LogP contribution in [0, 0.1) is 0 Å². The van der Waals surface area contributed by atoms with Gasteiger partial charge >= 0.3 is 12.1 Å². The number of benzene rings is 2. The molecular weight excluding hydrogens is 310 g/mol. The lowest BCUT2D eigenvalue weighted by molar-refractivity contribution is -0.159. The Balaban J connectivity index is 1.79. The number of rotatable bonds is 4. The molecule has 0 spiro atoms. The molecule has 6 nitrogen and oxygen atoms in total. The van der Waals surface area contributed by atoms with Gasteiger partial charge in [-0.05, 0) is 29.2 Å². The first kappa shape index (κ1) is 16.0. The number of carbonyl (C=O) groups excluding carboxylic acids is 1. The van der Waals surface area contributed by atoms with Crippen molar-refractivity contribution in [3.63, 3.8) is 0 Å². The maximum Gasteiger partial charge on any atom is 0.434 e. The van der Waals surface area contributed by atoms with E-state index < -0.39 is 18.1 Å². The van der Waals surface area contributed by atoms with E-state index >= 15 is 0 Å². The van der Waals surface area contributed by atoms with E-state index in [1.54, 1.807) is 0 Å². The molecular formula is C18H17NO5.